The van der Waals surface area contributed by atoms with Crippen LogP contribution < -0.4 is 10.5 Å². The quantitative estimate of drug-likeness (QED) is 0.555. The van der Waals surface area contributed by atoms with Crippen molar-refractivity contribution in [3.05, 3.63) is 75.9 Å². The Kier molecular flexibility index (Phi) is 7.78. The van der Waals surface area contributed by atoms with Crippen molar-refractivity contribution < 1.29 is 22.5 Å². The Bertz CT molecular complexity index is 1190. The van der Waals surface area contributed by atoms with Crippen molar-refractivity contribution in [3.63, 3.8) is 0 Å². The fourth-order valence-electron chi connectivity index (χ4n) is 3.13. The second kappa shape index (κ2) is 9.91. The molecule has 0 bridgehead atoms. The Morgan fingerprint density at radius 2 is 1.68 bits per heavy atom. The van der Waals surface area contributed by atoms with Gasteiger partial charge in [0, 0.05) is 16.8 Å². The fourth-order valence-corrected chi connectivity index (χ4v) is 3.72. The van der Waals surface area contributed by atoms with Gasteiger partial charge in [0.1, 0.15) is 10.6 Å². The molecule has 3 N–H and O–H groups in total. The van der Waals surface area contributed by atoms with E-state index in [-0.39, 0.29) is 4.90 Å². The lowest BCUT2D eigenvalue weighted by Crippen LogP contribution is -2.12. The second-order valence-electron chi connectivity index (χ2n) is 6.84. The van der Waals surface area contributed by atoms with Gasteiger partial charge in [0.15, 0.2) is 0 Å². The molecule has 2 aromatic carbocycles. The Balaban J connectivity index is 0.000000245. The second-order valence-corrected chi connectivity index (χ2v) is 8.69. The number of halogens is 1. The van der Waals surface area contributed by atoms with E-state index in [0.29, 0.717) is 22.0 Å². The summed E-state index contributed by atoms with van der Waals surface area (Å²) in [6.07, 6.45) is 1.17. The maximum Gasteiger partial charge on any atom is 0.296 e. The number of methoxy groups -OCH3 is 1. The molecule has 7 nitrogen and oxygen atoms in total. The van der Waals surface area contributed by atoms with Crippen LogP contribution in [0.25, 0.3) is 11.3 Å². The molecular formula is C22H23ClN2O5S. The lowest BCUT2D eigenvalue weighted by Gasteiger charge is -2.11. The Morgan fingerprint density at radius 1 is 1.06 bits per heavy atom. The Labute approximate surface area is 186 Å². The molecule has 0 saturated carbocycles. The minimum absolute atomic E-state index is 0.196. The molecule has 1 amide bonds. The first-order chi connectivity index (χ1) is 14.4. The third-order valence-corrected chi connectivity index (χ3v) is 5.47. The summed E-state index contributed by atoms with van der Waals surface area (Å²) in [5.41, 5.74) is 10.5. The summed E-state index contributed by atoms with van der Waals surface area (Å²) in [6, 6.07) is 11.7. The lowest BCUT2D eigenvalue weighted by molar-refractivity contribution is 0.0997. The Morgan fingerprint density at radius 3 is 2.13 bits per heavy atom. The number of aromatic nitrogens is 1. The standard InChI is InChI=1S/C14H15NO3S.C8H8ClNO2/c1-9-6-10(2)14(11(3)7-9)13-5-4-12(8-15-13)19(16,17)18;1-12-7-4-5(9)2-3-6(7)8(10)11/h4-8H,1-3H3,(H,16,17,18);2-4H,1H3,(H2,10,11). The molecule has 164 valence electrons. The maximum atomic E-state index is 11.0. The number of pyridine rings is 1. The van der Waals surface area contributed by atoms with Crippen LogP contribution in [-0.2, 0) is 10.1 Å². The summed E-state index contributed by atoms with van der Waals surface area (Å²) in [5, 5.41) is 0.511. The van der Waals surface area contributed by atoms with E-state index in [1.807, 2.05) is 20.8 Å². The molecule has 9 heteroatoms. The molecule has 3 aromatic rings. The van der Waals surface area contributed by atoms with Gasteiger partial charge in [-0.05, 0) is 62.2 Å². The van der Waals surface area contributed by atoms with Crippen molar-refractivity contribution in [2.75, 3.05) is 7.11 Å². The molecule has 0 aliphatic heterocycles. The number of rotatable bonds is 4. The van der Waals surface area contributed by atoms with E-state index < -0.39 is 16.0 Å². The first-order valence-corrected chi connectivity index (χ1v) is 10.9. The number of amides is 1. The number of carbonyl (C=O) groups excluding carboxylic acids is 1. The van der Waals surface area contributed by atoms with Crippen molar-refractivity contribution in [2.45, 2.75) is 25.7 Å². The number of benzene rings is 2. The molecule has 0 aliphatic carbocycles. The molecule has 1 heterocycles. The maximum absolute atomic E-state index is 11.0. The third-order valence-electron chi connectivity index (χ3n) is 4.40. The monoisotopic (exact) mass is 462 g/mol. The summed E-state index contributed by atoms with van der Waals surface area (Å²) in [6.45, 7) is 6.01. The minimum Gasteiger partial charge on any atom is -0.496 e. The van der Waals surface area contributed by atoms with E-state index in [0.717, 1.165) is 16.7 Å². The molecule has 1 aromatic heterocycles. The van der Waals surface area contributed by atoms with Crippen LogP contribution >= 0.6 is 11.6 Å². The fraction of sp³-hybridized carbons (Fsp3) is 0.182. The van der Waals surface area contributed by atoms with Crippen LogP contribution in [0.15, 0.2) is 53.6 Å². The highest BCUT2D eigenvalue weighted by Gasteiger charge is 2.12. The number of hydrogen-bond acceptors (Lipinski definition) is 5. The van der Waals surface area contributed by atoms with Crippen LogP contribution in [0.1, 0.15) is 27.0 Å². The average Bonchev–Trinajstić information content (AvgIpc) is 2.67. The van der Waals surface area contributed by atoms with E-state index in [9.17, 15) is 13.2 Å². The van der Waals surface area contributed by atoms with Crippen molar-refractivity contribution in [2.24, 2.45) is 5.73 Å². The average molecular weight is 463 g/mol. The van der Waals surface area contributed by atoms with Gasteiger partial charge in [-0.1, -0.05) is 29.3 Å². The van der Waals surface area contributed by atoms with Crippen LogP contribution in [0.2, 0.25) is 5.02 Å². The first-order valence-electron chi connectivity index (χ1n) is 9.09. The summed E-state index contributed by atoms with van der Waals surface area (Å²) < 4.78 is 35.8. The molecular weight excluding hydrogens is 440 g/mol. The summed E-state index contributed by atoms with van der Waals surface area (Å²) >= 11 is 5.67. The number of ether oxygens (including phenoxy) is 1. The summed E-state index contributed by atoms with van der Waals surface area (Å²) in [5.74, 6) is -0.126. The molecule has 31 heavy (non-hydrogen) atoms. The highest BCUT2D eigenvalue weighted by molar-refractivity contribution is 7.85. The van der Waals surface area contributed by atoms with Crippen LogP contribution in [0.5, 0.6) is 5.75 Å². The molecule has 3 rings (SSSR count). The SMILES string of the molecule is COc1cc(Cl)ccc1C(N)=O.Cc1cc(C)c(-c2ccc(S(=O)(=O)O)cn2)c(C)c1. The number of primary amides is 1. The van der Waals surface area contributed by atoms with E-state index in [1.54, 1.807) is 18.2 Å². The van der Waals surface area contributed by atoms with Crippen LogP contribution in [0.3, 0.4) is 0 Å². The van der Waals surface area contributed by atoms with Crippen LogP contribution in [0.4, 0.5) is 0 Å². The predicted octanol–water partition coefficient (Wildman–Crippen LogP) is 4.37. The van der Waals surface area contributed by atoms with Gasteiger partial charge in [0.05, 0.1) is 18.4 Å². The molecule has 0 fully saturated rings. The molecule has 0 saturated heterocycles. The van der Waals surface area contributed by atoms with Gasteiger partial charge in [-0.3, -0.25) is 14.3 Å². The lowest BCUT2D eigenvalue weighted by atomic mass is 9.97. The number of aryl methyl sites for hydroxylation is 3. The van der Waals surface area contributed by atoms with Gasteiger partial charge in [0.25, 0.3) is 16.0 Å². The summed E-state index contributed by atoms with van der Waals surface area (Å²) in [4.78, 5) is 14.7. The zero-order chi connectivity index (χ0) is 23.3. The van der Waals surface area contributed by atoms with E-state index in [1.165, 1.54) is 31.0 Å². The first kappa shape index (κ1) is 24.3. The zero-order valence-electron chi connectivity index (χ0n) is 17.5. The molecule has 0 aliphatic rings. The topological polar surface area (TPSA) is 120 Å². The minimum atomic E-state index is -4.19. The van der Waals surface area contributed by atoms with E-state index >= 15 is 0 Å². The molecule has 0 spiro atoms. The van der Waals surface area contributed by atoms with E-state index in [2.05, 4.69) is 17.1 Å². The highest BCUT2D eigenvalue weighted by Crippen LogP contribution is 2.27. The summed E-state index contributed by atoms with van der Waals surface area (Å²) in [7, 11) is -2.73. The predicted molar refractivity (Wildman–Crippen MR) is 120 cm³/mol. The van der Waals surface area contributed by atoms with Crippen LogP contribution in [0, 0.1) is 20.8 Å². The van der Waals surface area contributed by atoms with Crippen molar-refractivity contribution in [1.29, 1.82) is 0 Å². The third kappa shape index (κ3) is 6.27. The van der Waals surface area contributed by atoms with Crippen molar-refractivity contribution >= 4 is 27.6 Å². The molecule has 0 unspecified atom stereocenters. The highest BCUT2D eigenvalue weighted by atomic mass is 35.5. The smallest absolute Gasteiger partial charge is 0.296 e. The van der Waals surface area contributed by atoms with Gasteiger partial charge in [-0.25, -0.2) is 0 Å². The largest absolute Gasteiger partial charge is 0.496 e. The normalized spacial score (nSPS) is 10.8. The van der Waals surface area contributed by atoms with Gasteiger partial charge >= 0.3 is 0 Å². The van der Waals surface area contributed by atoms with Gasteiger partial charge < -0.3 is 10.5 Å². The molecule has 0 radical (unpaired) electrons. The van der Waals surface area contributed by atoms with Gasteiger partial charge in [0.2, 0.25) is 0 Å². The van der Waals surface area contributed by atoms with Crippen LogP contribution in [-0.4, -0.2) is 31.0 Å². The molecule has 0 atom stereocenters. The Hall–Kier alpha value is -2.94. The number of nitrogens with zero attached hydrogens (tertiary/aromatic N) is 1. The van der Waals surface area contributed by atoms with Crippen molar-refractivity contribution in [3.8, 4) is 17.0 Å². The van der Waals surface area contributed by atoms with Gasteiger partial charge in [-0.15, -0.1) is 0 Å². The van der Waals surface area contributed by atoms with Gasteiger partial charge in [-0.2, -0.15) is 8.42 Å². The number of nitrogens with two attached hydrogens (primary N) is 1. The van der Waals surface area contributed by atoms with E-state index in [4.69, 9.17) is 26.6 Å². The van der Waals surface area contributed by atoms with Crippen molar-refractivity contribution in [1.82, 2.24) is 4.98 Å². The number of carbonyl (C=O) groups is 1. The number of hydrogen-bond donors (Lipinski definition) is 2. The zero-order valence-corrected chi connectivity index (χ0v) is 19.1.